The lowest BCUT2D eigenvalue weighted by atomic mass is 9.89. The number of esters is 1. The average molecular weight is 606 g/mol. The van der Waals surface area contributed by atoms with Crippen molar-refractivity contribution in [3.63, 3.8) is 0 Å². The summed E-state index contributed by atoms with van der Waals surface area (Å²) in [6.07, 6.45) is 6.39. The maximum atomic E-state index is 12.9. The summed E-state index contributed by atoms with van der Waals surface area (Å²) in [7, 11) is 0. The van der Waals surface area contributed by atoms with E-state index in [1.165, 1.54) is 22.5 Å². The number of aromatic nitrogens is 4. The Labute approximate surface area is 251 Å². The molecule has 44 heavy (non-hydrogen) atoms. The Morgan fingerprint density at radius 1 is 1.05 bits per heavy atom. The van der Waals surface area contributed by atoms with E-state index in [9.17, 15) is 22.8 Å². The molecule has 1 saturated carbocycles. The van der Waals surface area contributed by atoms with Crippen LogP contribution in [0.4, 0.5) is 13.2 Å². The minimum atomic E-state index is -4.45. The summed E-state index contributed by atoms with van der Waals surface area (Å²) in [6, 6.07) is 12.9. The zero-order chi connectivity index (χ0) is 31.1. The van der Waals surface area contributed by atoms with Crippen LogP contribution in [0.1, 0.15) is 54.1 Å². The van der Waals surface area contributed by atoms with E-state index in [0.717, 1.165) is 49.1 Å². The molecule has 0 aliphatic heterocycles. The van der Waals surface area contributed by atoms with E-state index in [1.807, 2.05) is 18.2 Å². The van der Waals surface area contributed by atoms with Gasteiger partial charge >= 0.3 is 12.1 Å². The van der Waals surface area contributed by atoms with Crippen LogP contribution in [0.2, 0.25) is 0 Å². The lowest BCUT2D eigenvalue weighted by molar-refractivity contribution is -0.144. The topological polar surface area (TPSA) is 108 Å². The molecule has 1 aromatic carbocycles. The summed E-state index contributed by atoms with van der Waals surface area (Å²) in [4.78, 5) is 32.7. The molecule has 0 radical (unpaired) electrons. The van der Waals surface area contributed by atoms with E-state index < -0.39 is 11.7 Å². The molecule has 1 aliphatic rings. The molecule has 0 saturated heterocycles. The number of nitrogens with zero attached hydrogens (tertiary/aromatic N) is 4. The van der Waals surface area contributed by atoms with Crippen molar-refractivity contribution < 1.29 is 32.2 Å². The van der Waals surface area contributed by atoms with E-state index in [0.29, 0.717) is 23.6 Å². The number of carbonyl (C=O) groups is 2. The Kier molecular flexibility index (Phi) is 9.37. The minimum Gasteiger partial charge on any atom is -0.465 e. The van der Waals surface area contributed by atoms with Crippen LogP contribution in [0.3, 0.4) is 0 Å². The maximum Gasteiger partial charge on any atom is 0.417 e. The van der Waals surface area contributed by atoms with Gasteiger partial charge in [0.1, 0.15) is 12.3 Å². The normalized spacial score (nSPS) is 15.0. The van der Waals surface area contributed by atoms with Gasteiger partial charge in [0.25, 0.3) is 5.91 Å². The van der Waals surface area contributed by atoms with Gasteiger partial charge in [-0.1, -0.05) is 23.8 Å². The molecule has 3 aromatic heterocycles. The van der Waals surface area contributed by atoms with Gasteiger partial charge < -0.3 is 14.8 Å². The van der Waals surface area contributed by atoms with E-state index in [4.69, 9.17) is 9.47 Å². The molecular formula is C32H30F3N5O4. The van der Waals surface area contributed by atoms with Crippen LogP contribution >= 0.6 is 0 Å². The van der Waals surface area contributed by atoms with Gasteiger partial charge in [0.15, 0.2) is 0 Å². The third-order valence-corrected chi connectivity index (χ3v) is 7.03. The first-order valence-electron chi connectivity index (χ1n) is 14.1. The molecule has 0 unspecified atom stereocenters. The molecule has 4 aromatic rings. The zero-order valence-electron chi connectivity index (χ0n) is 23.9. The van der Waals surface area contributed by atoms with Crippen LogP contribution in [-0.4, -0.2) is 44.3 Å². The second-order valence-corrected chi connectivity index (χ2v) is 10.3. The van der Waals surface area contributed by atoms with Gasteiger partial charge in [0, 0.05) is 36.3 Å². The molecule has 1 amide bonds. The van der Waals surface area contributed by atoms with Crippen LogP contribution in [-0.2, 0) is 22.3 Å². The first-order chi connectivity index (χ1) is 21.2. The van der Waals surface area contributed by atoms with Crippen LogP contribution < -0.4 is 10.1 Å². The number of amides is 1. The number of carbonyl (C=O) groups excluding carboxylic acids is 2. The van der Waals surface area contributed by atoms with E-state index >= 15 is 0 Å². The van der Waals surface area contributed by atoms with Crippen molar-refractivity contribution in [2.75, 3.05) is 6.61 Å². The fourth-order valence-electron chi connectivity index (χ4n) is 4.80. The number of nitrogens with one attached hydrogen (secondary N) is 1. The number of hydrogen-bond donors (Lipinski definition) is 1. The van der Waals surface area contributed by atoms with E-state index in [1.54, 1.807) is 37.5 Å². The summed E-state index contributed by atoms with van der Waals surface area (Å²) >= 11 is 0. The van der Waals surface area contributed by atoms with Gasteiger partial charge in [0.05, 0.1) is 29.6 Å². The van der Waals surface area contributed by atoms with Crippen molar-refractivity contribution in [3.05, 3.63) is 95.6 Å². The molecule has 0 atom stereocenters. The number of hydrogen-bond acceptors (Lipinski definition) is 7. The molecular weight excluding hydrogens is 575 g/mol. The second-order valence-electron chi connectivity index (χ2n) is 10.3. The van der Waals surface area contributed by atoms with Crippen molar-refractivity contribution >= 4 is 18.0 Å². The molecule has 5 rings (SSSR count). The summed E-state index contributed by atoms with van der Waals surface area (Å²) in [5.74, 6) is -0.0196. The monoisotopic (exact) mass is 605 g/mol. The minimum absolute atomic E-state index is 0.0109. The van der Waals surface area contributed by atoms with Gasteiger partial charge in [-0.2, -0.15) is 18.3 Å². The van der Waals surface area contributed by atoms with Gasteiger partial charge in [-0.3, -0.25) is 19.3 Å². The Morgan fingerprint density at radius 2 is 1.86 bits per heavy atom. The van der Waals surface area contributed by atoms with Crippen molar-refractivity contribution in [2.24, 2.45) is 0 Å². The average Bonchev–Trinajstić information content (AvgIpc) is 3.47. The van der Waals surface area contributed by atoms with Gasteiger partial charge in [-0.05, 0) is 68.5 Å². The summed E-state index contributed by atoms with van der Waals surface area (Å²) < 4.78 is 50.4. The molecule has 12 heteroatoms. The highest BCUT2D eigenvalue weighted by molar-refractivity contribution is 5.94. The Bertz CT molecular complexity index is 1620. The predicted molar refractivity (Wildman–Crippen MR) is 156 cm³/mol. The largest absolute Gasteiger partial charge is 0.465 e. The van der Waals surface area contributed by atoms with Crippen molar-refractivity contribution in [2.45, 2.75) is 51.4 Å². The SMILES string of the molecule is CCOC(=O)Cn1cc(-c2ccc(C(=O)NC3CCC(=Cc4cccc(Oc5ccc(C(F)(F)F)cn5)c4)CC3)cn2)cn1. The predicted octanol–water partition coefficient (Wildman–Crippen LogP) is 6.47. The molecule has 0 spiro atoms. The second kappa shape index (κ2) is 13.5. The first kappa shape index (κ1) is 30.5. The van der Waals surface area contributed by atoms with Gasteiger partial charge in [-0.25, -0.2) is 4.98 Å². The van der Waals surface area contributed by atoms with Crippen LogP contribution in [0.15, 0.2) is 78.9 Å². The quantitative estimate of drug-likeness (QED) is 0.218. The summed E-state index contributed by atoms with van der Waals surface area (Å²) in [5, 5.41) is 7.26. The van der Waals surface area contributed by atoms with Crippen molar-refractivity contribution in [1.82, 2.24) is 25.1 Å². The van der Waals surface area contributed by atoms with Crippen LogP contribution in [0, 0.1) is 0 Å². The molecule has 228 valence electrons. The lowest BCUT2D eigenvalue weighted by Gasteiger charge is -2.25. The standard InChI is InChI=1S/C32H30F3N5O4/c1-2-43-30(41)20-40-19-24(17-38-40)28-12-8-23(16-36-28)31(42)39-26-10-6-21(7-11-26)14-22-4-3-5-27(15-22)44-29-13-9-25(18-37-29)32(33,34)35/h3-5,8-9,12-19,26H,2,6-7,10-11,20H2,1H3,(H,39,42). The number of ether oxygens (including phenoxy) is 2. The maximum absolute atomic E-state index is 12.9. The van der Waals surface area contributed by atoms with Gasteiger partial charge in [0.2, 0.25) is 5.88 Å². The van der Waals surface area contributed by atoms with Crippen molar-refractivity contribution in [1.29, 1.82) is 0 Å². The number of benzene rings is 1. The molecule has 1 fully saturated rings. The fourth-order valence-corrected chi connectivity index (χ4v) is 4.80. The smallest absolute Gasteiger partial charge is 0.417 e. The zero-order valence-corrected chi connectivity index (χ0v) is 23.9. The lowest BCUT2D eigenvalue weighted by Crippen LogP contribution is -2.36. The van der Waals surface area contributed by atoms with E-state index in [2.05, 4.69) is 26.5 Å². The number of pyridine rings is 2. The molecule has 0 bridgehead atoms. The number of alkyl halides is 3. The van der Waals surface area contributed by atoms with Crippen molar-refractivity contribution in [3.8, 4) is 22.9 Å². The molecule has 3 heterocycles. The third-order valence-electron chi connectivity index (χ3n) is 7.03. The van der Waals surface area contributed by atoms with Crippen LogP contribution in [0.25, 0.3) is 17.3 Å². The van der Waals surface area contributed by atoms with E-state index in [-0.39, 0.29) is 30.3 Å². The number of halogens is 3. The highest BCUT2D eigenvalue weighted by Gasteiger charge is 2.30. The molecule has 1 N–H and O–H groups in total. The molecule has 1 aliphatic carbocycles. The Morgan fingerprint density at radius 3 is 2.55 bits per heavy atom. The third kappa shape index (κ3) is 8.09. The Balaban J connectivity index is 1.11. The molecule has 9 nitrogen and oxygen atoms in total. The number of allylic oxidation sites excluding steroid dienone is 1. The van der Waals surface area contributed by atoms with Crippen LogP contribution in [0.5, 0.6) is 11.6 Å². The van der Waals surface area contributed by atoms with Gasteiger partial charge in [-0.15, -0.1) is 0 Å². The highest BCUT2D eigenvalue weighted by Crippen LogP contribution is 2.31. The Hall–Kier alpha value is -5.00. The summed E-state index contributed by atoms with van der Waals surface area (Å²) in [6.45, 7) is 2.06. The highest BCUT2D eigenvalue weighted by atomic mass is 19.4. The summed E-state index contributed by atoms with van der Waals surface area (Å²) in [5.41, 5.74) is 3.11. The fraction of sp³-hybridized carbons (Fsp3) is 0.281. The number of rotatable bonds is 9. The first-order valence-corrected chi connectivity index (χ1v) is 14.1.